The van der Waals surface area contributed by atoms with Crippen LogP contribution in [0.3, 0.4) is 0 Å². The van der Waals surface area contributed by atoms with Crippen LogP contribution in [0.4, 0.5) is 0 Å². The lowest BCUT2D eigenvalue weighted by atomic mass is 10.1. The molecule has 2 unspecified atom stereocenters. The predicted molar refractivity (Wildman–Crippen MR) is 62.6 cm³/mol. The van der Waals surface area contributed by atoms with Crippen LogP contribution in [0, 0.1) is 11.3 Å². The summed E-state index contributed by atoms with van der Waals surface area (Å²) in [5.41, 5.74) is 0. The molecule has 0 aliphatic rings. The largest absolute Gasteiger partial charge is 0.304 e. The lowest BCUT2D eigenvalue weighted by Gasteiger charge is -2.20. The molecule has 15 heavy (non-hydrogen) atoms. The first-order chi connectivity index (χ1) is 7.31. The molecule has 1 aromatic heterocycles. The third kappa shape index (κ3) is 3.61. The van der Waals surface area contributed by atoms with E-state index in [4.69, 9.17) is 5.26 Å². The fraction of sp³-hybridized carbons (Fsp3) is 0.636. The Kier molecular flexibility index (Phi) is 5.30. The summed E-state index contributed by atoms with van der Waals surface area (Å²) in [6, 6.07) is 2.79. The zero-order valence-corrected chi connectivity index (χ0v) is 10.0. The summed E-state index contributed by atoms with van der Waals surface area (Å²) < 4.78 is 0. The van der Waals surface area contributed by atoms with Crippen LogP contribution in [0.15, 0.2) is 11.6 Å². The lowest BCUT2D eigenvalue weighted by molar-refractivity contribution is 0.418. The normalized spacial score (nSPS) is 14.5. The van der Waals surface area contributed by atoms with Crippen molar-refractivity contribution >= 4 is 11.3 Å². The fourth-order valence-electron chi connectivity index (χ4n) is 1.49. The molecule has 1 heterocycles. The van der Waals surface area contributed by atoms with Gasteiger partial charge in [-0.05, 0) is 12.8 Å². The maximum Gasteiger partial charge on any atom is 0.109 e. The number of hydrogen-bond donors (Lipinski definition) is 1. The molecule has 1 N–H and O–H groups in total. The molecule has 0 spiro atoms. The third-order valence-corrected chi connectivity index (χ3v) is 3.31. The maximum atomic E-state index is 8.68. The maximum absolute atomic E-state index is 8.68. The molecule has 0 saturated heterocycles. The second-order valence-corrected chi connectivity index (χ2v) is 4.39. The molecule has 82 valence electrons. The van der Waals surface area contributed by atoms with Crippen molar-refractivity contribution in [2.45, 2.75) is 45.2 Å². The van der Waals surface area contributed by atoms with Crippen molar-refractivity contribution in [3.05, 3.63) is 16.6 Å². The molecule has 4 heteroatoms. The molecule has 0 fully saturated rings. The van der Waals surface area contributed by atoms with Gasteiger partial charge in [-0.25, -0.2) is 4.98 Å². The Bertz CT molecular complexity index is 302. The van der Waals surface area contributed by atoms with Gasteiger partial charge in [-0.3, -0.25) is 0 Å². The van der Waals surface area contributed by atoms with Crippen molar-refractivity contribution in [1.29, 1.82) is 5.26 Å². The average molecular weight is 223 g/mol. The third-order valence-electron chi connectivity index (χ3n) is 2.43. The first-order valence-electron chi connectivity index (χ1n) is 5.34. The van der Waals surface area contributed by atoms with Gasteiger partial charge < -0.3 is 5.32 Å². The van der Waals surface area contributed by atoms with E-state index >= 15 is 0 Å². The molecule has 0 aliphatic heterocycles. The molecule has 1 rings (SSSR count). The summed E-state index contributed by atoms with van der Waals surface area (Å²) in [7, 11) is 0. The van der Waals surface area contributed by atoms with Gasteiger partial charge in [-0.15, -0.1) is 11.3 Å². The van der Waals surface area contributed by atoms with E-state index < -0.39 is 0 Å². The number of thiazole rings is 1. The Balaban J connectivity index is 2.57. The molecule has 2 atom stereocenters. The Labute approximate surface area is 95.2 Å². The summed E-state index contributed by atoms with van der Waals surface area (Å²) >= 11 is 1.67. The lowest BCUT2D eigenvalue weighted by Crippen LogP contribution is -2.31. The molecular weight excluding hydrogens is 206 g/mol. The Morgan fingerprint density at radius 3 is 2.80 bits per heavy atom. The first kappa shape index (κ1) is 12.2. The van der Waals surface area contributed by atoms with Gasteiger partial charge in [0.15, 0.2) is 0 Å². The van der Waals surface area contributed by atoms with Crippen molar-refractivity contribution in [3.8, 4) is 6.07 Å². The zero-order chi connectivity index (χ0) is 11.1. The van der Waals surface area contributed by atoms with Crippen LogP contribution >= 0.6 is 11.3 Å². The summed E-state index contributed by atoms with van der Waals surface area (Å²) in [4.78, 5) is 4.31. The van der Waals surface area contributed by atoms with Crippen LogP contribution in [-0.4, -0.2) is 11.0 Å². The second kappa shape index (κ2) is 6.54. The van der Waals surface area contributed by atoms with Crippen molar-refractivity contribution in [3.63, 3.8) is 0 Å². The van der Waals surface area contributed by atoms with Crippen molar-refractivity contribution in [2.75, 3.05) is 0 Å². The highest BCUT2D eigenvalue weighted by Crippen LogP contribution is 2.20. The van der Waals surface area contributed by atoms with Gasteiger partial charge in [0.05, 0.1) is 18.5 Å². The van der Waals surface area contributed by atoms with Gasteiger partial charge in [0.1, 0.15) is 5.01 Å². The second-order valence-electron chi connectivity index (χ2n) is 3.47. The van der Waals surface area contributed by atoms with Crippen LogP contribution in [0.25, 0.3) is 0 Å². The number of hydrogen-bond acceptors (Lipinski definition) is 4. The fourth-order valence-corrected chi connectivity index (χ4v) is 2.27. The highest BCUT2D eigenvalue weighted by atomic mass is 32.1. The highest BCUT2D eigenvalue weighted by molar-refractivity contribution is 7.09. The standard InChI is InChI=1S/C11H17N3S/c1-3-9(5-6-12)14-10(4-2)11-13-7-8-15-11/h7-10,14H,3-5H2,1-2H3. The Hall–Kier alpha value is -0.920. The van der Waals surface area contributed by atoms with E-state index in [1.54, 1.807) is 11.3 Å². The number of nitrogens with zero attached hydrogens (tertiary/aromatic N) is 2. The number of nitriles is 1. The minimum atomic E-state index is 0.281. The van der Waals surface area contributed by atoms with Crippen molar-refractivity contribution in [1.82, 2.24) is 10.3 Å². The monoisotopic (exact) mass is 223 g/mol. The number of aromatic nitrogens is 1. The van der Waals surface area contributed by atoms with Gasteiger partial charge in [0.2, 0.25) is 0 Å². The van der Waals surface area contributed by atoms with E-state index in [0.717, 1.165) is 17.8 Å². The molecular formula is C11H17N3S. The zero-order valence-electron chi connectivity index (χ0n) is 9.23. The van der Waals surface area contributed by atoms with Crippen molar-refractivity contribution in [2.24, 2.45) is 0 Å². The van der Waals surface area contributed by atoms with E-state index in [1.807, 2.05) is 11.6 Å². The van der Waals surface area contributed by atoms with Crippen LogP contribution in [0.1, 0.15) is 44.2 Å². The van der Waals surface area contributed by atoms with Gasteiger partial charge in [-0.1, -0.05) is 13.8 Å². The smallest absolute Gasteiger partial charge is 0.109 e. The molecule has 0 amide bonds. The molecule has 3 nitrogen and oxygen atoms in total. The van der Waals surface area contributed by atoms with Crippen molar-refractivity contribution < 1.29 is 0 Å². The van der Waals surface area contributed by atoms with Gasteiger partial charge in [0.25, 0.3) is 0 Å². The molecule has 0 radical (unpaired) electrons. The van der Waals surface area contributed by atoms with Crippen LogP contribution in [0.5, 0.6) is 0 Å². The SMILES string of the molecule is CCC(CC#N)NC(CC)c1nccs1. The first-order valence-corrected chi connectivity index (χ1v) is 6.22. The van der Waals surface area contributed by atoms with E-state index in [0.29, 0.717) is 12.5 Å². The van der Waals surface area contributed by atoms with E-state index in [-0.39, 0.29) is 6.04 Å². The number of nitrogens with one attached hydrogen (secondary N) is 1. The Morgan fingerprint density at radius 1 is 1.53 bits per heavy atom. The van der Waals surface area contributed by atoms with Gasteiger partial charge in [0, 0.05) is 17.6 Å². The van der Waals surface area contributed by atoms with Crippen LogP contribution in [-0.2, 0) is 0 Å². The molecule has 0 saturated carbocycles. The van der Waals surface area contributed by atoms with E-state index in [9.17, 15) is 0 Å². The predicted octanol–water partition coefficient (Wildman–Crippen LogP) is 2.88. The summed E-state index contributed by atoms with van der Waals surface area (Å²) in [6.07, 6.45) is 4.39. The summed E-state index contributed by atoms with van der Waals surface area (Å²) in [5, 5.41) is 15.3. The topological polar surface area (TPSA) is 48.7 Å². The highest BCUT2D eigenvalue weighted by Gasteiger charge is 2.15. The molecule has 0 bridgehead atoms. The van der Waals surface area contributed by atoms with Crippen LogP contribution < -0.4 is 5.32 Å². The van der Waals surface area contributed by atoms with Gasteiger partial charge in [-0.2, -0.15) is 5.26 Å². The number of rotatable bonds is 6. The Morgan fingerprint density at radius 2 is 2.33 bits per heavy atom. The molecule has 1 aromatic rings. The van der Waals surface area contributed by atoms with E-state index in [2.05, 4.69) is 30.2 Å². The summed E-state index contributed by atoms with van der Waals surface area (Å²) in [5.74, 6) is 0. The molecule has 0 aliphatic carbocycles. The van der Waals surface area contributed by atoms with E-state index in [1.165, 1.54) is 0 Å². The summed E-state index contributed by atoms with van der Waals surface area (Å²) in [6.45, 7) is 4.24. The van der Waals surface area contributed by atoms with Crippen LogP contribution in [0.2, 0.25) is 0 Å². The quantitative estimate of drug-likeness (QED) is 0.806. The minimum absolute atomic E-state index is 0.281. The van der Waals surface area contributed by atoms with Gasteiger partial charge >= 0.3 is 0 Å². The minimum Gasteiger partial charge on any atom is -0.304 e. The molecule has 0 aromatic carbocycles. The average Bonchev–Trinajstić information content (AvgIpc) is 2.77.